The number of esters is 2. The molecule has 5 nitrogen and oxygen atoms in total. The summed E-state index contributed by atoms with van der Waals surface area (Å²) in [6.07, 6.45) is 2.68. The molecule has 122 valence electrons. The predicted molar refractivity (Wildman–Crippen MR) is 78.5 cm³/mol. The Kier molecular flexibility index (Phi) is 6.65. The van der Waals surface area contributed by atoms with Gasteiger partial charge in [0.2, 0.25) is 0 Å². The summed E-state index contributed by atoms with van der Waals surface area (Å²) >= 11 is 0. The second-order valence-corrected chi connectivity index (χ2v) is 6.14. The molecule has 1 fully saturated rings. The summed E-state index contributed by atoms with van der Waals surface area (Å²) in [6.45, 7) is 7.92. The maximum Gasteiger partial charge on any atom is 0.323 e. The van der Waals surface area contributed by atoms with Gasteiger partial charge in [0.05, 0.1) is 18.8 Å². The molecule has 2 unspecified atom stereocenters. The number of hydrogen-bond donors (Lipinski definition) is 1. The van der Waals surface area contributed by atoms with Crippen molar-refractivity contribution in [3.05, 3.63) is 0 Å². The fourth-order valence-electron chi connectivity index (χ4n) is 3.15. The fourth-order valence-corrected chi connectivity index (χ4v) is 3.15. The second-order valence-electron chi connectivity index (χ2n) is 6.14. The van der Waals surface area contributed by atoms with Crippen LogP contribution in [-0.2, 0) is 19.1 Å². The SMILES string of the molecule is CCOC(=O)C(C(=O)OCC)C1(O)CCCC(C(C)C)C1. The molecule has 2 atom stereocenters. The minimum Gasteiger partial charge on any atom is -0.465 e. The van der Waals surface area contributed by atoms with Gasteiger partial charge in [-0.3, -0.25) is 9.59 Å². The highest BCUT2D eigenvalue weighted by Gasteiger charge is 2.50. The van der Waals surface area contributed by atoms with Crippen molar-refractivity contribution in [1.82, 2.24) is 0 Å². The van der Waals surface area contributed by atoms with Crippen molar-refractivity contribution < 1.29 is 24.2 Å². The lowest BCUT2D eigenvalue weighted by Gasteiger charge is -2.41. The minimum absolute atomic E-state index is 0.179. The molecule has 0 aromatic carbocycles. The summed E-state index contributed by atoms with van der Waals surface area (Å²) in [6, 6.07) is 0. The smallest absolute Gasteiger partial charge is 0.323 e. The predicted octanol–water partition coefficient (Wildman–Crippen LogP) is 2.31. The first-order chi connectivity index (χ1) is 9.85. The van der Waals surface area contributed by atoms with Crippen LogP contribution in [0, 0.1) is 17.8 Å². The standard InChI is InChI=1S/C16H28O5/c1-5-20-14(17)13(15(18)21-6-2)16(19)9-7-8-12(10-16)11(3)4/h11-13,19H,5-10H2,1-4H3. The number of aliphatic hydroxyl groups is 1. The molecule has 1 aliphatic carbocycles. The molecule has 5 heteroatoms. The molecule has 21 heavy (non-hydrogen) atoms. The van der Waals surface area contributed by atoms with Crippen LogP contribution in [0.2, 0.25) is 0 Å². The first kappa shape index (κ1) is 18.0. The number of ether oxygens (including phenoxy) is 2. The van der Waals surface area contributed by atoms with Gasteiger partial charge in [0.25, 0.3) is 0 Å². The Bertz CT molecular complexity index is 348. The maximum atomic E-state index is 12.2. The van der Waals surface area contributed by atoms with Gasteiger partial charge in [0, 0.05) is 0 Å². The largest absolute Gasteiger partial charge is 0.465 e. The summed E-state index contributed by atoms with van der Waals surface area (Å²) in [4.78, 5) is 24.3. The van der Waals surface area contributed by atoms with Crippen LogP contribution >= 0.6 is 0 Å². The van der Waals surface area contributed by atoms with E-state index >= 15 is 0 Å². The summed E-state index contributed by atoms with van der Waals surface area (Å²) in [5, 5.41) is 10.9. The van der Waals surface area contributed by atoms with Crippen molar-refractivity contribution in [2.75, 3.05) is 13.2 Å². The molecule has 0 bridgehead atoms. The van der Waals surface area contributed by atoms with E-state index in [9.17, 15) is 14.7 Å². The van der Waals surface area contributed by atoms with Gasteiger partial charge in [-0.25, -0.2) is 0 Å². The molecule has 0 spiro atoms. The van der Waals surface area contributed by atoms with Gasteiger partial charge in [-0.15, -0.1) is 0 Å². The number of carbonyl (C=O) groups excluding carboxylic acids is 2. The first-order valence-electron chi connectivity index (χ1n) is 7.91. The lowest BCUT2D eigenvalue weighted by atomic mass is 9.68. The van der Waals surface area contributed by atoms with Crippen LogP contribution in [0.25, 0.3) is 0 Å². The fraction of sp³-hybridized carbons (Fsp3) is 0.875. The third kappa shape index (κ3) is 4.43. The quantitative estimate of drug-likeness (QED) is 0.602. The van der Waals surface area contributed by atoms with E-state index in [-0.39, 0.29) is 13.2 Å². The minimum atomic E-state index is -1.36. The molecule has 1 rings (SSSR count). The normalized spacial score (nSPS) is 26.0. The molecule has 1 saturated carbocycles. The monoisotopic (exact) mass is 300 g/mol. The van der Waals surface area contributed by atoms with E-state index in [1.165, 1.54) is 0 Å². The number of hydrogen-bond acceptors (Lipinski definition) is 5. The van der Waals surface area contributed by atoms with Gasteiger partial charge in [-0.1, -0.05) is 20.3 Å². The van der Waals surface area contributed by atoms with E-state index < -0.39 is 23.5 Å². The zero-order valence-electron chi connectivity index (χ0n) is 13.6. The van der Waals surface area contributed by atoms with Gasteiger partial charge in [-0.2, -0.15) is 0 Å². The molecule has 0 radical (unpaired) electrons. The second kappa shape index (κ2) is 7.78. The molecule has 0 heterocycles. The summed E-state index contributed by atoms with van der Waals surface area (Å²) in [7, 11) is 0. The van der Waals surface area contributed by atoms with Crippen LogP contribution in [0.15, 0.2) is 0 Å². The van der Waals surface area contributed by atoms with E-state index in [1.54, 1.807) is 13.8 Å². The van der Waals surface area contributed by atoms with Gasteiger partial charge >= 0.3 is 11.9 Å². The van der Waals surface area contributed by atoms with Gasteiger partial charge in [0.15, 0.2) is 5.92 Å². The van der Waals surface area contributed by atoms with E-state index in [0.717, 1.165) is 12.8 Å². The Balaban J connectivity index is 2.99. The number of carbonyl (C=O) groups is 2. The Hall–Kier alpha value is -1.10. The highest BCUT2D eigenvalue weighted by molar-refractivity contribution is 5.96. The maximum absolute atomic E-state index is 12.2. The van der Waals surface area contributed by atoms with E-state index in [1.807, 2.05) is 0 Å². The van der Waals surface area contributed by atoms with Crippen LogP contribution < -0.4 is 0 Å². The Morgan fingerprint density at radius 1 is 1.19 bits per heavy atom. The van der Waals surface area contributed by atoms with Crippen molar-refractivity contribution in [2.24, 2.45) is 17.8 Å². The summed E-state index contributed by atoms with van der Waals surface area (Å²) < 4.78 is 9.97. The van der Waals surface area contributed by atoms with Crippen molar-refractivity contribution in [3.63, 3.8) is 0 Å². The van der Waals surface area contributed by atoms with Crippen molar-refractivity contribution in [2.45, 2.75) is 59.0 Å². The zero-order valence-corrected chi connectivity index (χ0v) is 13.6. The van der Waals surface area contributed by atoms with E-state index in [0.29, 0.717) is 24.7 Å². The molecule has 0 aliphatic heterocycles. The van der Waals surface area contributed by atoms with Crippen LogP contribution in [0.5, 0.6) is 0 Å². The van der Waals surface area contributed by atoms with Crippen LogP contribution in [0.4, 0.5) is 0 Å². The third-order valence-corrected chi connectivity index (χ3v) is 4.33. The highest BCUT2D eigenvalue weighted by Crippen LogP contribution is 2.41. The molecule has 0 saturated heterocycles. The van der Waals surface area contributed by atoms with E-state index in [4.69, 9.17) is 9.47 Å². The third-order valence-electron chi connectivity index (χ3n) is 4.33. The van der Waals surface area contributed by atoms with Gasteiger partial charge in [-0.05, 0) is 44.9 Å². The summed E-state index contributed by atoms with van der Waals surface area (Å²) in [5.74, 6) is -1.89. The molecule has 0 aromatic heterocycles. The van der Waals surface area contributed by atoms with E-state index in [2.05, 4.69) is 13.8 Å². The molecular weight excluding hydrogens is 272 g/mol. The Labute approximate surface area is 127 Å². The Morgan fingerprint density at radius 2 is 1.71 bits per heavy atom. The van der Waals surface area contributed by atoms with Crippen LogP contribution in [0.3, 0.4) is 0 Å². The molecule has 1 N–H and O–H groups in total. The molecule has 0 amide bonds. The molecule has 0 aromatic rings. The molecule has 1 aliphatic rings. The zero-order chi connectivity index (χ0) is 16.0. The highest BCUT2D eigenvalue weighted by atomic mass is 16.6. The topological polar surface area (TPSA) is 72.8 Å². The van der Waals surface area contributed by atoms with Crippen LogP contribution in [-0.4, -0.2) is 35.9 Å². The van der Waals surface area contributed by atoms with Crippen molar-refractivity contribution in [3.8, 4) is 0 Å². The first-order valence-corrected chi connectivity index (χ1v) is 7.91. The average molecular weight is 300 g/mol. The van der Waals surface area contributed by atoms with Crippen molar-refractivity contribution in [1.29, 1.82) is 0 Å². The van der Waals surface area contributed by atoms with Crippen LogP contribution in [0.1, 0.15) is 53.4 Å². The van der Waals surface area contributed by atoms with Gasteiger partial charge in [0.1, 0.15) is 0 Å². The van der Waals surface area contributed by atoms with Crippen molar-refractivity contribution >= 4 is 11.9 Å². The lowest BCUT2D eigenvalue weighted by Crippen LogP contribution is -2.51. The summed E-state index contributed by atoms with van der Waals surface area (Å²) in [5.41, 5.74) is -1.36. The molecular formula is C16H28O5. The van der Waals surface area contributed by atoms with Gasteiger partial charge < -0.3 is 14.6 Å². The Morgan fingerprint density at radius 3 is 2.14 bits per heavy atom. The number of rotatable bonds is 6. The lowest BCUT2D eigenvalue weighted by molar-refractivity contribution is -0.179. The average Bonchev–Trinajstić information content (AvgIpc) is 2.39.